The van der Waals surface area contributed by atoms with E-state index < -0.39 is 0 Å². The summed E-state index contributed by atoms with van der Waals surface area (Å²) in [6.45, 7) is 4.96. The zero-order chi connectivity index (χ0) is 15.4. The van der Waals surface area contributed by atoms with E-state index in [0.717, 1.165) is 11.6 Å². The highest BCUT2D eigenvalue weighted by Gasteiger charge is 2.23. The van der Waals surface area contributed by atoms with Gasteiger partial charge in [-0.15, -0.1) is 10.2 Å². The Morgan fingerprint density at radius 1 is 1.55 bits per heavy atom. The standard InChI is InChI=1S/C13H18N6O2S/c1-10-16-17-13(22-10)15-12(20)9-18-5-6-21-11(7-18)8-19-4-2-3-14-19/h2-4,11H,5-9H2,1H3,(H,15,17,20). The first kappa shape index (κ1) is 15.1. The molecule has 22 heavy (non-hydrogen) atoms. The van der Waals surface area contributed by atoms with Crippen molar-refractivity contribution in [3.05, 3.63) is 23.5 Å². The number of nitrogens with one attached hydrogen (secondary N) is 1. The van der Waals surface area contributed by atoms with Crippen molar-refractivity contribution in [1.82, 2.24) is 24.9 Å². The Morgan fingerprint density at radius 3 is 3.18 bits per heavy atom. The SMILES string of the molecule is Cc1nnc(NC(=O)CN2CCOC(Cn3cccn3)C2)s1. The number of morpholine rings is 1. The molecular weight excluding hydrogens is 304 g/mol. The van der Waals surface area contributed by atoms with Crippen molar-refractivity contribution in [2.24, 2.45) is 0 Å². The first-order chi connectivity index (χ1) is 10.7. The van der Waals surface area contributed by atoms with Crippen molar-refractivity contribution >= 4 is 22.4 Å². The van der Waals surface area contributed by atoms with Gasteiger partial charge in [0.25, 0.3) is 0 Å². The fourth-order valence-electron chi connectivity index (χ4n) is 2.36. The number of ether oxygens (including phenoxy) is 1. The van der Waals surface area contributed by atoms with E-state index in [1.54, 1.807) is 6.20 Å². The molecule has 0 saturated carbocycles. The number of carbonyl (C=O) groups excluding carboxylic acids is 1. The first-order valence-corrected chi connectivity index (χ1v) is 7.92. The number of anilines is 1. The Morgan fingerprint density at radius 2 is 2.45 bits per heavy atom. The molecule has 3 heterocycles. The number of hydrogen-bond donors (Lipinski definition) is 1. The second-order valence-corrected chi connectivity index (χ2v) is 6.31. The average molecular weight is 322 g/mol. The summed E-state index contributed by atoms with van der Waals surface area (Å²) >= 11 is 1.37. The van der Waals surface area contributed by atoms with Crippen LogP contribution in [-0.2, 0) is 16.1 Å². The molecular formula is C13H18N6O2S. The predicted molar refractivity (Wildman–Crippen MR) is 81.7 cm³/mol. The Balaban J connectivity index is 1.48. The highest BCUT2D eigenvalue weighted by molar-refractivity contribution is 7.15. The molecule has 0 aliphatic carbocycles. The third-order valence-electron chi connectivity index (χ3n) is 3.31. The van der Waals surface area contributed by atoms with Crippen LogP contribution in [0.2, 0.25) is 0 Å². The number of amides is 1. The van der Waals surface area contributed by atoms with Crippen LogP contribution in [0.3, 0.4) is 0 Å². The van der Waals surface area contributed by atoms with E-state index in [0.29, 0.717) is 31.4 Å². The maximum absolute atomic E-state index is 12.0. The van der Waals surface area contributed by atoms with Crippen LogP contribution in [0.4, 0.5) is 5.13 Å². The highest BCUT2D eigenvalue weighted by Crippen LogP contribution is 2.14. The molecule has 1 atom stereocenters. The molecule has 8 nitrogen and oxygen atoms in total. The molecule has 1 aliphatic heterocycles. The molecule has 3 rings (SSSR count). The largest absolute Gasteiger partial charge is 0.374 e. The van der Waals surface area contributed by atoms with Crippen LogP contribution in [0.5, 0.6) is 0 Å². The van der Waals surface area contributed by atoms with Crippen LogP contribution in [0.15, 0.2) is 18.5 Å². The highest BCUT2D eigenvalue weighted by atomic mass is 32.1. The molecule has 1 unspecified atom stereocenters. The maximum Gasteiger partial charge on any atom is 0.240 e. The molecule has 2 aromatic heterocycles. The summed E-state index contributed by atoms with van der Waals surface area (Å²) < 4.78 is 7.58. The van der Waals surface area contributed by atoms with Crippen molar-refractivity contribution in [2.75, 3.05) is 31.6 Å². The summed E-state index contributed by atoms with van der Waals surface area (Å²) in [6, 6.07) is 1.89. The normalized spacial score (nSPS) is 19.2. The van der Waals surface area contributed by atoms with Gasteiger partial charge in [0.05, 0.1) is 25.8 Å². The smallest absolute Gasteiger partial charge is 0.240 e. The van der Waals surface area contributed by atoms with Crippen LogP contribution in [0.1, 0.15) is 5.01 Å². The lowest BCUT2D eigenvalue weighted by Crippen LogP contribution is -2.47. The fourth-order valence-corrected chi connectivity index (χ4v) is 2.97. The monoisotopic (exact) mass is 322 g/mol. The summed E-state index contributed by atoms with van der Waals surface area (Å²) in [6.07, 6.45) is 3.70. The van der Waals surface area contributed by atoms with Gasteiger partial charge >= 0.3 is 0 Å². The second kappa shape index (κ2) is 6.95. The molecule has 118 valence electrons. The van der Waals surface area contributed by atoms with Crippen LogP contribution in [0, 0.1) is 6.92 Å². The molecule has 1 aliphatic rings. The van der Waals surface area contributed by atoms with Gasteiger partial charge in [0.2, 0.25) is 11.0 Å². The number of nitrogens with zero attached hydrogens (tertiary/aromatic N) is 5. The minimum Gasteiger partial charge on any atom is -0.374 e. The quantitative estimate of drug-likeness (QED) is 0.857. The van der Waals surface area contributed by atoms with Gasteiger partial charge in [-0.2, -0.15) is 5.10 Å². The van der Waals surface area contributed by atoms with Gasteiger partial charge in [0.15, 0.2) is 0 Å². The Kier molecular flexibility index (Phi) is 4.76. The van der Waals surface area contributed by atoms with Crippen LogP contribution < -0.4 is 5.32 Å². The number of rotatable bonds is 5. The molecule has 9 heteroatoms. The summed E-state index contributed by atoms with van der Waals surface area (Å²) in [5, 5.41) is 16.1. The van der Waals surface area contributed by atoms with Crippen molar-refractivity contribution in [2.45, 2.75) is 19.6 Å². The predicted octanol–water partition coefficient (Wildman–Crippen LogP) is 0.383. The molecule has 1 saturated heterocycles. The number of aryl methyl sites for hydroxylation is 1. The van der Waals surface area contributed by atoms with E-state index in [4.69, 9.17) is 4.74 Å². The third-order valence-corrected chi connectivity index (χ3v) is 4.07. The van der Waals surface area contributed by atoms with E-state index in [1.807, 2.05) is 23.9 Å². The van der Waals surface area contributed by atoms with E-state index in [-0.39, 0.29) is 12.0 Å². The van der Waals surface area contributed by atoms with Gasteiger partial charge in [-0.05, 0) is 13.0 Å². The minimum atomic E-state index is -0.0733. The Labute approximate surface area is 132 Å². The minimum absolute atomic E-state index is 0.0465. The molecule has 0 bridgehead atoms. The van der Waals surface area contributed by atoms with Gasteiger partial charge in [-0.1, -0.05) is 11.3 Å². The second-order valence-electron chi connectivity index (χ2n) is 5.13. The third kappa shape index (κ3) is 4.09. The molecule has 0 radical (unpaired) electrons. The first-order valence-electron chi connectivity index (χ1n) is 7.10. The van der Waals surface area contributed by atoms with Crippen molar-refractivity contribution in [1.29, 1.82) is 0 Å². The van der Waals surface area contributed by atoms with Crippen molar-refractivity contribution < 1.29 is 9.53 Å². The summed E-state index contributed by atoms with van der Waals surface area (Å²) in [4.78, 5) is 14.1. The van der Waals surface area contributed by atoms with Gasteiger partial charge < -0.3 is 4.74 Å². The number of aromatic nitrogens is 4. The van der Waals surface area contributed by atoms with Crippen molar-refractivity contribution in [3.8, 4) is 0 Å². The Bertz CT molecular complexity index is 614. The molecule has 0 spiro atoms. The van der Waals surface area contributed by atoms with Gasteiger partial charge in [-0.3, -0.25) is 19.7 Å². The molecule has 1 amide bonds. The van der Waals surface area contributed by atoms with Gasteiger partial charge in [-0.25, -0.2) is 0 Å². The van der Waals surface area contributed by atoms with Crippen LogP contribution in [0.25, 0.3) is 0 Å². The van der Waals surface area contributed by atoms with Crippen LogP contribution in [-0.4, -0.2) is 63.1 Å². The lowest BCUT2D eigenvalue weighted by atomic mass is 10.2. The summed E-state index contributed by atoms with van der Waals surface area (Å²) in [7, 11) is 0. The number of hydrogen-bond acceptors (Lipinski definition) is 7. The molecule has 0 aromatic carbocycles. The van der Waals surface area contributed by atoms with Gasteiger partial charge in [0, 0.05) is 25.5 Å². The molecule has 2 aromatic rings. The lowest BCUT2D eigenvalue weighted by Gasteiger charge is -2.32. The lowest BCUT2D eigenvalue weighted by molar-refractivity contribution is -0.119. The van der Waals surface area contributed by atoms with E-state index >= 15 is 0 Å². The summed E-state index contributed by atoms with van der Waals surface area (Å²) in [5.74, 6) is -0.0733. The van der Waals surface area contributed by atoms with Crippen LogP contribution >= 0.6 is 11.3 Å². The maximum atomic E-state index is 12.0. The fraction of sp³-hybridized carbons (Fsp3) is 0.538. The van der Waals surface area contributed by atoms with E-state index in [2.05, 4.69) is 25.5 Å². The topological polar surface area (TPSA) is 85.2 Å². The van der Waals surface area contributed by atoms with E-state index in [9.17, 15) is 4.79 Å². The number of carbonyl (C=O) groups is 1. The van der Waals surface area contributed by atoms with E-state index in [1.165, 1.54) is 11.3 Å². The molecule has 1 fully saturated rings. The Hall–Kier alpha value is -1.84. The zero-order valence-electron chi connectivity index (χ0n) is 12.3. The van der Waals surface area contributed by atoms with Crippen molar-refractivity contribution in [3.63, 3.8) is 0 Å². The summed E-state index contributed by atoms with van der Waals surface area (Å²) in [5.41, 5.74) is 0. The zero-order valence-corrected chi connectivity index (χ0v) is 13.1. The molecule has 1 N–H and O–H groups in total. The van der Waals surface area contributed by atoms with Gasteiger partial charge in [0.1, 0.15) is 5.01 Å². The average Bonchev–Trinajstić information content (AvgIpc) is 3.11.